The molecule has 3 N–H and O–H groups in total. The van der Waals surface area contributed by atoms with Crippen LogP contribution in [-0.4, -0.2) is 70.7 Å². The van der Waals surface area contributed by atoms with Crippen molar-refractivity contribution in [2.75, 3.05) is 38.3 Å². The van der Waals surface area contributed by atoms with E-state index in [1.54, 1.807) is 7.11 Å². The molecule has 1 amide bonds. The third kappa shape index (κ3) is 9.62. The van der Waals surface area contributed by atoms with Crippen molar-refractivity contribution in [2.24, 2.45) is 4.99 Å². The predicted molar refractivity (Wildman–Crippen MR) is 106 cm³/mol. The molecule has 1 heterocycles. The van der Waals surface area contributed by atoms with Gasteiger partial charge in [-0.25, -0.2) is 8.42 Å². The maximum atomic E-state index is 11.8. The summed E-state index contributed by atoms with van der Waals surface area (Å²) in [5, 5.41) is 9.03. The maximum absolute atomic E-state index is 11.8. The fraction of sp³-hybridized carbons (Fsp3) is 0.857. The minimum absolute atomic E-state index is 0. The molecule has 0 spiro atoms. The summed E-state index contributed by atoms with van der Waals surface area (Å²) in [4.78, 5) is 16.2. The third-order valence-electron chi connectivity index (χ3n) is 3.35. The summed E-state index contributed by atoms with van der Waals surface area (Å²) in [5.74, 6) is 0.660. The van der Waals surface area contributed by atoms with Crippen molar-refractivity contribution in [1.29, 1.82) is 0 Å². The fourth-order valence-corrected chi connectivity index (χ4v) is 4.00. The van der Waals surface area contributed by atoms with Crippen molar-refractivity contribution < 1.29 is 17.9 Å². The summed E-state index contributed by atoms with van der Waals surface area (Å²) in [6.45, 7) is 5.55. The largest absolute Gasteiger partial charge is 0.383 e. The first-order chi connectivity index (χ1) is 10.9. The molecule has 142 valence electrons. The monoisotopic (exact) mass is 476 g/mol. The van der Waals surface area contributed by atoms with Crippen molar-refractivity contribution in [3.63, 3.8) is 0 Å². The first-order valence-corrected chi connectivity index (χ1v) is 9.72. The van der Waals surface area contributed by atoms with E-state index in [2.05, 4.69) is 20.9 Å². The van der Waals surface area contributed by atoms with Crippen LogP contribution in [0.1, 0.15) is 26.7 Å². The second-order valence-corrected chi connectivity index (χ2v) is 7.91. The van der Waals surface area contributed by atoms with E-state index in [0.29, 0.717) is 25.5 Å². The second-order valence-electron chi connectivity index (χ2n) is 5.68. The SMILES string of the molecule is CCNC(=NCCC(=O)NC1CCS(=O)(=O)C1)NC(C)COC.I. The van der Waals surface area contributed by atoms with Gasteiger partial charge < -0.3 is 20.7 Å². The lowest BCUT2D eigenvalue weighted by atomic mass is 10.2. The topological polar surface area (TPSA) is 109 Å². The Kier molecular flexibility index (Phi) is 11.5. The summed E-state index contributed by atoms with van der Waals surface area (Å²) in [5.41, 5.74) is 0. The molecule has 0 aromatic carbocycles. The van der Waals surface area contributed by atoms with Gasteiger partial charge in [-0.05, 0) is 20.3 Å². The Hall–Kier alpha value is -0.620. The number of nitrogens with one attached hydrogen (secondary N) is 3. The van der Waals surface area contributed by atoms with Crippen LogP contribution in [0, 0.1) is 0 Å². The molecule has 0 saturated carbocycles. The molecule has 0 aromatic heterocycles. The molecule has 1 rings (SSSR count). The van der Waals surface area contributed by atoms with Gasteiger partial charge in [0.2, 0.25) is 5.91 Å². The molecule has 24 heavy (non-hydrogen) atoms. The zero-order valence-corrected chi connectivity index (χ0v) is 17.6. The fourth-order valence-electron chi connectivity index (χ4n) is 2.32. The van der Waals surface area contributed by atoms with E-state index in [9.17, 15) is 13.2 Å². The summed E-state index contributed by atoms with van der Waals surface area (Å²) in [6, 6.07) is -0.153. The Bertz CT molecular complexity index is 513. The summed E-state index contributed by atoms with van der Waals surface area (Å²) < 4.78 is 27.8. The van der Waals surface area contributed by atoms with E-state index in [1.165, 1.54) is 0 Å². The minimum atomic E-state index is -2.98. The van der Waals surface area contributed by atoms with Crippen molar-refractivity contribution in [2.45, 2.75) is 38.8 Å². The molecule has 0 aliphatic carbocycles. The van der Waals surface area contributed by atoms with Crippen molar-refractivity contribution >= 4 is 45.7 Å². The highest BCUT2D eigenvalue weighted by Crippen LogP contribution is 2.11. The zero-order chi connectivity index (χ0) is 17.3. The average molecular weight is 476 g/mol. The Morgan fingerprint density at radius 1 is 1.42 bits per heavy atom. The summed E-state index contributed by atoms with van der Waals surface area (Å²) in [6.07, 6.45) is 0.724. The Morgan fingerprint density at radius 2 is 2.12 bits per heavy atom. The molecule has 1 aliphatic rings. The Morgan fingerprint density at radius 3 is 2.67 bits per heavy atom. The van der Waals surface area contributed by atoms with E-state index in [-0.39, 0.29) is 59.9 Å². The van der Waals surface area contributed by atoms with Gasteiger partial charge in [0.05, 0.1) is 24.7 Å². The van der Waals surface area contributed by atoms with Gasteiger partial charge in [-0.3, -0.25) is 9.79 Å². The molecule has 1 aliphatic heterocycles. The smallest absolute Gasteiger partial charge is 0.222 e. The molecule has 1 saturated heterocycles. The van der Waals surface area contributed by atoms with Crippen molar-refractivity contribution in [1.82, 2.24) is 16.0 Å². The van der Waals surface area contributed by atoms with E-state index in [1.807, 2.05) is 13.8 Å². The van der Waals surface area contributed by atoms with Crippen LogP contribution in [0.3, 0.4) is 0 Å². The van der Waals surface area contributed by atoms with E-state index in [0.717, 1.165) is 6.54 Å². The van der Waals surface area contributed by atoms with Crippen LogP contribution in [0.4, 0.5) is 0 Å². The van der Waals surface area contributed by atoms with E-state index in [4.69, 9.17) is 4.74 Å². The molecule has 0 bridgehead atoms. The number of guanidine groups is 1. The van der Waals surface area contributed by atoms with Gasteiger partial charge in [-0.2, -0.15) is 0 Å². The standard InChI is InChI=1S/C14H28N4O4S.HI/c1-4-15-14(17-11(2)9-22-3)16-7-5-13(19)18-12-6-8-23(20,21)10-12;/h11-12H,4-10H2,1-3H3,(H,18,19)(H2,15,16,17);1H. The van der Waals surface area contributed by atoms with Crippen LogP contribution >= 0.6 is 24.0 Å². The number of halogens is 1. The molecular formula is C14H29IN4O4S. The van der Waals surface area contributed by atoms with Crippen LogP contribution in [0.15, 0.2) is 4.99 Å². The van der Waals surface area contributed by atoms with Crippen molar-refractivity contribution in [3.8, 4) is 0 Å². The van der Waals surface area contributed by atoms with Crippen LogP contribution in [0.5, 0.6) is 0 Å². The van der Waals surface area contributed by atoms with Gasteiger partial charge in [-0.15, -0.1) is 24.0 Å². The highest BCUT2D eigenvalue weighted by atomic mass is 127. The number of carbonyl (C=O) groups is 1. The number of amides is 1. The van der Waals surface area contributed by atoms with Gasteiger partial charge in [0.25, 0.3) is 0 Å². The molecule has 2 atom stereocenters. The number of nitrogens with zero attached hydrogens (tertiary/aromatic N) is 1. The van der Waals surface area contributed by atoms with Gasteiger partial charge >= 0.3 is 0 Å². The molecule has 8 nitrogen and oxygen atoms in total. The number of hydrogen-bond acceptors (Lipinski definition) is 5. The molecule has 0 radical (unpaired) electrons. The second kappa shape index (κ2) is 11.9. The predicted octanol–water partition coefficient (Wildman–Crippen LogP) is -0.112. The normalized spacial score (nSPS) is 20.8. The Labute approximate surface area is 161 Å². The average Bonchev–Trinajstić information content (AvgIpc) is 2.78. The lowest BCUT2D eigenvalue weighted by molar-refractivity contribution is -0.121. The number of rotatable bonds is 8. The van der Waals surface area contributed by atoms with Crippen LogP contribution in [0.25, 0.3) is 0 Å². The number of aliphatic imine (C=N–C) groups is 1. The highest BCUT2D eigenvalue weighted by molar-refractivity contribution is 14.0. The minimum Gasteiger partial charge on any atom is -0.383 e. The lowest BCUT2D eigenvalue weighted by Crippen LogP contribution is -2.44. The van der Waals surface area contributed by atoms with Crippen LogP contribution < -0.4 is 16.0 Å². The number of methoxy groups -OCH3 is 1. The number of carbonyl (C=O) groups excluding carboxylic acids is 1. The van der Waals surface area contributed by atoms with Gasteiger partial charge in [0, 0.05) is 32.2 Å². The number of ether oxygens (including phenoxy) is 1. The first kappa shape index (κ1) is 23.4. The zero-order valence-electron chi connectivity index (χ0n) is 14.5. The molecule has 1 fully saturated rings. The molecule has 2 unspecified atom stereocenters. The summed E-state index contributed by atoms with van der Waals surface area (Å²) in [7, 11) is -1.34. The molecule has 10 heteroatoms. The third-order valence-corrected chi connectivity index (χ3v) is 5.12. The summed E-state index contributed by atoms with van der Waals surface area (Å²) >= 11 is 0. The molecule has 0 aromatic rings. The van der Waals surface area contributed by atoms with E-state index < -0.39 is 9.84 Å². The van der Waals surface area contributed by atoms with Crippen LogP contribution in [-0.2, 0) is 19.4 Å². The highest BCUT2D eigenvalue weighted by Gasteiger charge is 2.28. The van der Waals surface area contributed by atoms with E-state index >= 15 is 0 Å². The molecular weight excluding hydrogens is 447 g/mol. The Balaban J connectivity index is 0.00000529. The number of hydrogen-bond donors (Lipinski definition) is 3. The maximum Gasteiger partial charge on any atom is 0.222 e. The lowest BCUT2D eigenvalue weighted by Gasteiger charge is -2.17. The number of sulfone groups is 1. The van der Waals surface area contributed by atoms with Gasteiger partial charge in [0.1, 0.15) is 0 Å². The first-order valence-electron chi connectivity index (χ1n) is 7.90. The quantitative estimate of drug-likeness (QED) is 0.256. The van der Waals surface area contributed by atoms with Crippen LogP contribution in [0.2, 0.25) is 0 Å². The van der Waals surface area contributed by atoms with Gasteiger partial charge in [-0.1, -0.05) is 0 Å². The van der Waals surface area contributed by atoms with Crippen molar-refractivity contribution in [3.05, 3.63) is 0 Å². The van der Waals surface area contributed by atoms with Gasteiger partial charge in [0.15, 0.2) is 15.8 Å².